The molecule has 0 heterocycles. The van der Waals surface area contributed by atoms with Crippen molar-refractivity contribution in [1.82, 2.24) is 0 Å². The van der Waals surface area contributed by atoms with Crippen LogP contribution >= 0.6 is 0 Å². The van der Waals surface area contributed by atoms with E-state index in [0.29, 0.717) is 0 Å². The van der Waals surface area contributed by atoms with Crippen LogP contribution < -0.4 is 4.74 Å². The van der Waals surface area contributed by atoms with Gasteiger partial charge in [-0.25, -0.2) is 13.2 Å². The summed E-state index contributed by atoms with van der Waals surface area (Å²) in [4.78, 5) is 10.9. The van der Waals surface area contributed by atoms with Gasteiger partial charge in [-0.05, 0) is 19.1 Å². The van der Waals surface area contributed by atoms with Crippen molar-refractivity contribution in [1.29, 1.82) is 0 Å². The number of rotatable bonds is 3. The third-order valence-electron chi connectivity index (χ3n) is 1.92. The van der Waals surface area contributed by atoms with Crippen molar-refractivity contribution < 1.29 is 22.7 Å². The van der Waals surface area contributed by atoms with Crippen molar-refractivity contribution in [2.24, 2.45) is 0 Å². The Bertz CT molecular complexity index is 388. The number of halogens is 3. The lowest BCUT2D eigenvalue weighted by Gasteiger charge is -2.10. The Morgan fingerprint density at radius 2 is 2.00 bits per heavy atom. The van der Waals surface area contributed by atoms with Crippen molar-refractivity contribution >= 4 is 5.78 Å². The Kier molecular flexibility index (Phi) is 3.34. The molecule has 0 saturated heterocycles. The fourth-order valence-corrected chi connectivity index (χ4v) is 1.20. The minimum absolute atomic E-state index is 0.0939. The topological polar surface area (TPSA) is 26.3 Å². The van der Waals surface area contributed by atoms with Crippen LogP contribution in [0, 0.1) is 5.82 Å². The first kappa shape index (κ1) is 11.6. The van der Waals surface area contributed by atoms with Gasteiger partial charge in [0, 0.05) is 5.56 Å². The molecule has 1 aromatic carbocycles. The van der Waals surface area contributed by atoms with Crippen LogP contribution in [0.1, 0.15) is 29.3 Å². The van der Waals surface area contributed by atoms with Crippen molar-refractivity contribution in [3.05, 3.63) is 29.1 Å². The Hall–Kier alpha value is -1.52. The molecule has 0 unspecified atom stereocenters. The summed E-state index contributed by atoms with van der Waals surface area (Å²) >= 11 is 0. The number of hydrogen-bond donors (Lipinski definition) is 0. The maximum atomic E-state index is 13.2. The van der Waals surface area contributed by atoms with E-state index in [1.807, 2.05) is 0 Å². The van der Waals surface area contributed by atoms with Crippen LogP contribution in [-0.4, -0.2) is 12.9 Å². The van der Waals surface area contributed by atoms with Gasteiger partial charge in [-0.2, -0.15) is 0 Å². The van der Waals surface area contributed by atoms with E-state index in [2.05, 4.69) is 4.74 Å². The molecular formula is C10H9F3O2. The molecule has 0 aliphatic heterocycles. The van der Waals surface area contributed by atoms with E-state index in [0.717, 1.165) is 19.2 Å². The third kappa shape index (κ3) is 2.29. The third-order valence-corrected chi connectivity index (χ3v) is 1.92. The second-order valence-corrected chi connectivity index (χ2v) is 2.94. The molecule has 2 nitrogen and oxygen atoms in total. The van der Waals surface area contributed by atoms with E-state index in [4.69, 9.17) is 0 Å². The van der Waals surface area contributed by atoms with Gasteiger partial charge < -0.3 is 4.74 Å². The molecule has 0 spiro atoms. The molecule has 5 heteroatoms. The Labute approximate surface area is 84.7 Å². The van der Waals surface area contributed by atoms with Gasteiger partial charge in [0.05, 0.1) is 12.7 Å². The largest absolute Gasteiger partial charge is 0.493 e. The molecule has 0 bridgehead atoms. The van der Waals surface area contributed by atoms with Crippen LogP contribution in [0.25, 0.3) is 0 Å². The summed E-state index contributed by atoms with van der Waals surface area (Å²) in [6, 6.07) is 1.82. The number of ketones is 1. The lowest BCUT2D eigenvalue weighted by Crippen LogP contribution is -2.01. The highest BCUT2D eigenvalue weighted by molar-refractivity contribution is 5.94. The smallest absolute Gasteiger partial charge is 0.267 e. The zero-order chi connectivity index (χ0) is 11.6. The summed E-state index contributed by atoms with van der Waals surface area (Å²) in [5.41, 5.74) is -0.702. The fourth-order valence-electron chi connectivity index (χ4n) is 1.20. The van der Waals surface area contributed by atoms with Crippen LogP contribution in [0.5, 0.6) is 5.75 Å². The number of Topliss-reactive ketones (excluding diaryl/α,β-unsaturated/α-hetero) is 1. The number of ether oxygens (including phenoxy) is 1. The molecule has 0 amide bonds. The molecule has 0 aliphatic carbocycles. The summed E-state index contributed by atoms with van der Waals surface area (Å²) < 4.78 is 42.7. The van der Waals surface area contributed by atoms with Crippen LogP contribution in [0.2, 0.25) is 0 Å². The molecule has 0 aromatic heterocycles. The van der Waals surface area contributed by atoms with Crippen LogP contribution in [-0.2, 0) is 0 Å². The normalized spacial score (nSPS) is 10.5. The van der Waals surface area contributed by atoms with E-state index in [9.17, 15) is 18.0 Å². The average Bonchev–Trinajstić information content (AvgIpc) is 2.16. The first-order chi connectivity index (χ1) is 6.97. The molecule has 0 aliphatic rings. The number of hydrogen-bond acceptors (Lipinski definition) is 2. The number of carbonyl (C=O) groups excluding carboxylic acids is 1. The molecule has 82 valence electrons. The molecule has 0 radical (unpaired) electrons. The highest BCUT2D eigenvalue weighted by Crippen LogP contribution is 2.32. The van der Waals surface area contributed by atoms with Crippen LogP contribution in [0.3, 0.4) is 0 Å². The maximum Gasteiger partial charge on any atom is 0.267 e. The summed E-state index contributed by atoms with van der Waals surface area (Å²) in [7, 11) is 1.09. The lowest BCUT2D eigenvalue weighted by molar-refractivity contribution is 0.101. The Morgan fingerprint density at radius 1 is 1.40 bits per heavy atom. The predicted molar refractivity (Wildman–Crippen MR) is 47.9 cm³/mol. The second kappa shape index (κ2) is 4.33. The highest BCUT2D eigenvalue weighted by Gasteiger charge is 2.20. The Morgan fingerprint density at radius 3 is 2.40 bits per heavy atom. The fraction of sp³-hybridized carbons (Fsp3) is 0.300. The maximum absolute atomic E-state index is 13.2. The van der Waals surface area contributed by atoms with Crippen LogP contribution in [0.4, 0.5) is 13.2 Å². The molecule has 0 saturated carbocycles. The number of benzene rings is 1. The van der Waals surface area contributed by atoms with Crippen LogP contribution in [0.15, 0.2) is 12.1 Å². The van der Waals surface area contributed by atoms with E-state index in [1.165, 1.54) is 6.92 Å². The summed E-state index contributed by atoms with van der Waals surface area (Å²) in [6.45, 7) is 1.18. The second-order valence-electron chi connectivity index (χ2n) is 2.94. The molecule has 0 N–H and O–H groups in total. The van der Waals surface area contributed by atoms with E-state index < -0.39 is 29.3 Å². The van der Waals surface area contributed by atoms with Gasteiger partial charge in [-0.3, -0.25) is 4.79 Å². The zero-order valence-corrected chi connectivity index (χ0v) is 8.18. The van der Waals surface area contributed by atoms with Gasteiger partial charge in [0.25, 0.3) is 6.43 Å². The molecule has 0 atom stereocenters. The van der Waals surface area contributed by atoms with E-state index >= 15 is 0 Å². The molecule has 15 heavy (non-hydrogen) atoms. The minimum atomic E-state index is -2.88. The summed E-state index contributed by atoms with van der Waals surface area (Å²) in [5, 5.41) is 0. The van der Waals surface area contributed by atoms with Gasteiger partial charge in [0.2, 0.25) is 0 Å². The quantitative estimate of drug-likeness (QED) is 0.729. The first-order valence-electron chi connectivity index (χ1n) is 4.14. The van der Waals surface area contributed by atoms with E-state index in [1.54, 1.807) is 0 Å². The van der Waals surface area contributed by atoms with Gasteiger partial charge in [-0.15, -0.1) is 0 Å². The molecule has 1 rings (SSSR count). The van der Waals surface area contributed by atoms with Gasteiger partial charge in [0.1, 0.15) is 0 Å². The van der Waals surface area contributed by atoms with Gasteiger partial charge >= 0.3 is 0 Å². The van der Waals surface area contributed by atoms with Crippen molar-refractivity contribution in [3.8, 4) is 5.75 Å². The van der Waals surface area contributed by atoms with Crippen molar-refractivity contribution in [2.75, 3.05) is 7.11 Å². The summed E-state index contributed by atoms with van der Waals surface area (Å²) in [5.74, 6) is -1.95. The monoisotopic (exact) mass is 218 g/mol. The zero-order valence-electron chi connectivity index (χ0n) is 8.18. The average molecular weight is 218 g/mol. The molecule has 1 aromatic rings. The first-order valence-corrected chi connectivity index (χ1v) is 4.14. The number of carbonyl (C=O) groups is 1. The lowest BCUT2D eigenvalue weighted by atomic mass is 10.1. The van der Waals surface area contributed by atoms with E-state index in [-0.39, 0.29) is 5.56 Å². The van der Waals surface area contributed by atoms with Gasteiger partial charge in [-0.1, -0.05) is 0 Å². The minimum Gasteiger partial charge on any atom is -0.493 e. The SMILES string of the molecule is COc1c(F)cc(C(C)=O)cc1C(F)F. The number of alkyl halides is 2. The standard InChI is InChI=1S/C10H9F3O2/c1-5(14)6-3-7(10(12)13)9(15-2)8(11)4-6/h3-4,10H,1-2H3. The molecule has 0 fully saturated rings. The van der Waals surface area contributed by atoms with Crippen molar-refractivity contribution in [2.45, 2.75) is 13.3 Å². The number of methoxy groups -OCH3 is 1. The highest BCUT2D eigenvalue weighted by atomic mass is 19.3. The van der Waals surface area contributed by atoms with Crippen molar-refractivity contribution in [3.63, 3.8) is 0 Å². The molecular weight excluding hydrogens is 209 g/mol. The van der Waals surface area contributed by atoms with Gasteiger partial charge in [0.15, 0.2) is 17.3 Å². The Balaban J connectivity index is 3.38. The summed E-state index contributed by atoms with van der Waals surface area (Å²) in [6.07, 6.45) is -2.88. The predicted octanol–water partition coefficient (Wildman–Crippen LogP) is 2.97.